The lowest BCUT2D eigenvalue weighted by Crippen LogP contribution is -2.44. The summed E-state index contributed by atoms with van der Waals surface area (Å²) in [6.45, 7) is 8.82. The molecule has 0 radical (unpaired) electrons. The van der Waals surface area contributed by atoms with Crippen LogP contribution in [0.2, 0.25) is 0 Å². The molecule has 30 heavy (non-hydrogen) atoms. The highest BCUT2D eigenvalue weighted by atomic mass is 16.5. The van der Waals surface area contributed by atoms with E-state index in [1.807, 2.05) is 48.7 Å². The number of hydrogen-bond acceptors (Lipinski definition) is 6. The standard InChI is InChI=1S/C23H31N5O2/c1-4-6-17-11-13-24-15-20(17)30-23-16(3)22(28-21(27-23)12-14-25-28)26-18-7-9-19(10-8-18)29-5-2/h7-10,12,14,17,20,24,26H,4-6,11,13,15H2,1-3H3. The van der Waals surface area contributed by atoms with E-state index in [-0.39, 0.29) is 6.10 Å². The van der Waals surface area contributed by atoms with E-state index in [0.29, 0.717) is 18.4 Å². The molecule has 0 amide bonds. The van der Waals surface area contributed by atoms with Crippen LogP contribution in [-0.2, 0) is 0 Å². The van der Waals surface area contributed by atoms with E-state index in [1.165, 1.54) is 12.8 Å². The average Bonchev–Trinajstić information content (AvgIpc) is 3.22. The maximum atomic E-state index is 6.48. The largest absolute Gasteiger partial charge is 0.494 e. The number of nitrogens with zero attached hydrogens (tertiary/aromatic N) is 3. The normalized spacial score (nSPS) is 19.0. The van der Waals surface area contributed by atoms with Crippen LogP contribution in [0.1, 0.15) is 38.7 Å². The van der Waals surface area contributed by atoms with Gasteiger partial charge in [0, 0.05) is 18.3 Å². The number of piperidine rings is 1. The van der Waals surface area contributed by atoms with Gasteiger partial charge in [-0.05, 0) is 63.4 Å². The van der Waals surface area contributed by atoms with Gasteiger partial charge in [0.1, 0.15) is 17.7 Å². The van der Waals surface area contributed by atoms with Gasteiger partial charge in [0.05, 0.1) is 18.4 Å². The van der Waals surface area contributed by atoms with Gasteiger partial charge >= 0.3 is 0 Å². The Bertz CT molecular complexity index is 968. The Hall–Kier alpha value is -2.80. The number of nitrogens with one attached hydrogen (secondary N) is 2. The van der Waals surface area contributed by atoms with Crippen LogP contribution in [0.5, 0.6) is 11.6 Å². The molecule has 0 aliphatic carbocycles. The molecule has 0 saturated carbocycles. The van der Waals surface area contributed by atoms with Crippen molar-refractivity contribution in [1.29, 1.82) is 0 Å². The first-order valence-electron chi connectivity index (χ1n) is 10.9. The summed E-state index contributed by atoms with van der Waals surface area (Å²) in [4.78, 5) is 4.75. The minimum Gasteiger partial charge on any atom is -0.494 e. The van der Waals surface area contributed by atoms with Crippen LogP contribution < -0.4 is 20.1 Å². The molecular weight excluding hydrogens is 378 g/mol. The molecule has 0 bridgehead atoms. The Labute approximate surface area is 177 Å². The molecule has 0 spiro atoms. The van der Waals surface area contributed by atoms with Gasteiger partial charge in [-0.15, -0.1) is 0 Å². The van der Waals surface area contributed by atoms with Crippen LogP contribution in [0.25, 0.3) is 5.65 Å². The van der Waals surface area contributed by atoms with Gasteiger partial charge in [-0.25, -0.2) is 0 Å². The lowest BCUT2D eigenvalue weighted by molar-refractivity contribution is 0.0938. The molecule has 1 saturated heterocycles. The van der Waals surface area contributed by atoms with Crippen LogP contribution in [-0.4, -0.2) is 40.4 Å². The van der Waals surface area contributed by atoms with Crippen LogP contribution in [0.3, 0.4) is 0 Å². The summed E-state index contributed by atoms with van der Waals surface area (Å²) < 4.78 is 13.8. The number of benzene rings is 1. The van der Waals surface area contributed by atoms with Crippen molar-refractivity contribution in [2.75, 3.05) is 25.0 Å². The molecule has 1 aromatic carbocycles. The molecule has 1 aliphatic rings. The van der Waals surface area contributed by atoms with Crippen molar-refractivity contribution in [2.45, 2.75) is 46.1 Å². The van der Waals surface area contributed by atoms with Gasteiger partial charge in [-0.1, -0.05) is 13.3 Å². The molecule has 7 nitrogen and oxygen atoms in total. The van der Waals surface area contributed by atoms with Crippen LogP contribution in [0.15, 0.2) is 36.5 Å². The van der Waals surface area contributed by atoms with Crippen LogP contribution in [0, 0.1) is 12.8 Å². The van der Waals surface area contributed by atoms with E-state index in [9.17, 15) is 0 Å². The molecule has 2 N–H and O–H groups in total. The van der Waals surface area contributed by atoms with E-state index in [1.54, 1.807) is 6.20 Å². The van der Waals surface area contributed by atoms with Gasteiger partial charge in [-0.3, -0.25) is 0 Å². The molecule has 7 heteroatoms. The molecule has 3 heterocycles. The fourth-order valence-corrected chi connectivity index (χ4v) is 4.07. The second-order valence-electron chi connectivity index (χ2n) is 7.77. The lowest BCUT2D eigenvalue weighted by Gasteiger charge is -2.32. The monoisotopic (exact) mass is 409 g/mol. The quantitative estimate of drug-likeness (QED) is 0.577. The van der Waals surface area contributed by atoms with E-state index in [0.717, 1.165) is 48.0 Å². The van der Waals surface area contributed by atoms with Gasteiger partial charge < -0.3 is 20.1 Å². The van der Waals surface area contributed by atoms with Gasteiger partial charge in [-0.2, -0.15) is 14.6 Å². The topological polar surface area (TPSA) is 72.7 Å². The first-order valence-corrected chi connectivity index (χ1v) is 10.9. The van der Waals surface area contributed by atoms with Crippen molar-refractivity contribution in [1.82, 2.24) is 19.9 Å². The highest BCUT2D eigenvalue weighted by Gasteiger charge is 2.27. The minimum atomic E-state index is 0.133. The lowest BCUT2D eigenvalue weighted by atomic mass is 9.91. The fourth-order valence-electron chi connectivity index (χ4n) is 4.07. The van der Waals surface area contributed by atoms with E-state index >= 15 is 0 Å². The number of ether oxygens (including phenoxy) is 2. The SMILES string of the molecule is CCCC1CCNCC1Oc1nc2ccnn2c(Nc2ccc(OCC)cc2)c1C. The summed E-state index contributed by atoms with van der Waals surface area (Å²) in [6.07, 6.45) is 5.38. The second-order valence-corrected chi connectivity index (χ2v) is 7.77. The number of hydrogen-bond donors (Lipinski definition) is 2. The van der Waals surface area contributed by atoms with Crippen molar-refractivity contribution in [2.24, 2.45) is 5.92 Å². The van der Waals surface area contributed by atoms with E-state index in [4.69, 9.17) is 14.5 Å². The highest BCUT2D eigenvalue weighted by molar-refractivity contribution is 5.65. The summed E-state index contributed by atoms with van der Waals surface area (Å²) in [5.41, 5.74) is 2.67. The molecule has 2 unspecified atom stereocenters. The smallest absolute Gasteiger partial charge is 0.222 e. The zero-order valence-corrected chi connectivity index (χ0v) is 18.0. The molecule has 2 atom stereocenters. The Morgan fingerprint density at radius 3 is 2.80 bits per heavy atom. The molecule has 3 aromatic rings. The van der Waals surface area contributed by atoms with Crippen molar-refractivity contribution in [3.05, 3.63) is 42.1 Å². The molecule has 1 fully saturated rings. The molecule has 2 aromatic heterocycles. The molecule has 160 valence electrons. The maximum Gasteiger partial charge on any atom is 0.222 e. The Morgan fingerprint density at radius 1 is 1.20 bits per heavy atom. The predicted molar refractivity (Wildman–Crippen MR) is 119 cm³/mol. The second kappa shape index (κ2) is 9.34. The van der Waals surface area contributed by atoms with Crippen LogP contribution >= 0.6 is 0 Å². The number of rotatable bonds is 8. The van der Waals surface area contributed by atoms with Crippen molar-refractivity contribution in [3.8, 4) is 11.6 Å². The summed E-state index contributed by atoms with van der Waals surface area (Å²) in [7, 11) is 0. The fraction of sp³-hybridized carbons (Fsp3) is 0.478. The maximum absolute atomic E-state index is 6.48. The number of aromatic nitrogens is 3. The third-order valence-corrected chi connectivity index (χ3v) is 5.64. The Morgan fingerprint density at radius 2 is 2.03 bits per heavy atom. The zero-order chi connectivity index (χ0) is 20.9. The zero-order valence-electron chi connectivity index (χ0n) is 18.0. The predicted octanol–water partition coefficient (Wildman–Crippen LogP) is 4.34. The molecule has 1 aliphatic heterocycles. The van der Waals surface area contributed by atoms with Gasteiger partial charge in [0.15, 0.2) is 5.65 Å². The van der Waals surface area contributed by atoms with E-state index in [2.05, 4.69) is 22.7 Å². The minimum absolute atomic E-state index is 0.133. The summed E-state index contributed by atoms with van der Waals surface area (Å²) in [5.74, 6) is 2.95. The third kappa shape index (κ3) is 4.36. The van der Waals surface area contributed by atoms with Crippen molar-refractivity contribution in [3.63, 3.8) is 0 Å². The highest BCUT2D eigenvalue weighted by Crippen LogP contribution is 2.31. The van der Waals surface area contributed by atoms with Gasteiger partial charge in [0.2, 0.25) is 5.88 Å². The first-order chi connectivity index (χ1) is 14.7. The molecular formula is C23H31N5O2. The Kier molecular flexibility index (Phi) is 6.38. The summed E-state index contributed by atoms with van der Waals surface area (Å²) >= 11 is 0. The van der Waals surface area contributed by atoms with Crippen molar-refractivity contribution >= 4 is 17.2 Å². The Balaban J connectivity index is 1.63. The summed E-state index contributed by atoms with van der Waals surface area (Å²) in [6, 6.07) is 9.83. The molecule has 4 rings (SSSR count). The van der Waals surface area contributed by atoms with E-state index < -0.39 is 0 Å². The average molecular weight is 410 g/mol. The summed E-state index contributed by atoms with van der Waals surface area (Å²) in [5, 5.41) is 11.4. The first kappa shape index (κ1) is 20.5. The van der Waals surface area contributed by atoms with Crippen LogP contribution in [0.4, 0.5) is 11.5 Å². The van der Waals surface area contributed by atoms with Gasteiger partial charge in [0.25, 0.3) is 0 Å². The third-order valence-electron chi connectivity index (χ3n) is 5.64. The number of fused-ring (bicyclic) bond motifs is 1. The van der Waals surface area contributed by atoms with Crippen molar-refractivity contribution < 1.29 is 9.47 Å². The number of anilines is 2.